The van der Waals surface area contributed by atoms with E-state index in [1.807, 2.05) is 18.2 Å². The SMILES string of the molecule is O=C(NCc1ccccc1Cl)c1ccc2nc3sc4c(c3c(=O)n2c1)CCCC4. The molecule has 5 nitrogen and oxygen atoms in total. The molecular weight excluding hydrogens is 406 g/mol. The lowest BCUT2D eigenvalue weighted by Gasteiger charge is -2.10. The van der Waals surface area contributed by atoms with Crippen LogP contribution in [0.1, 0.15) is 39.2 Å². The van der Waals surface area contributed by atoms with Crippen LogP contribution in [0.3, 0.4) is 0 Å². The van der Waals surface area contributed by atoms with Crippen molar-refractivity contribution < 1.29 is 4.79 Å². The lowest BCUT2D eigenvalue weighted by molar-refractivity contribution is 0.0950. The van der Waals surface area contributed by atoms with Gasteiger partial charge in [0.05, 0.1) is 10.9 Å². The molecular formula is C22H18ClN3O2S. The molecule has 1 aliphatic carbocycles. The van der Waals surface area contributed by atoms with Gasteiger partial charge in [0.15, 0.2) is 0 Å². The van der Waals surface area contributed by atoms with Gasteiger partial charge in [0.1, 0.15) is 10.5 Å². The quantitative estimate of drug-likeness (QED) is 0.532. The number of thiophene rings is 1. The molecule has 29 heavy (non-hydrogen) atoms. The molecule has 1 amide bonds. The second-order valence-electron chi connectivity index (χ2n) is 7.23. The molecule has 4 aromatic rings. The summed E-state index contributed by atoms with van der Waals surface area (Å²) in [6.07, 6.45) is 5.80. The van der Waals surface area contributed by atoms with Crippen molar-refractivity contribution in [3.63, 3.8) is 0 Å². The summed E-state index contributed by atoms with van der Waals surface area (Å²) in [6, 6.07) is 10.8. The maximum absolute atomic E-state index is 13.2. The highest BCUT2D eigenvalue weighted by atomic mass is 35.5. The van der Waals surface area contributed by atoms with Gasteiger partial charge in [-0.25, -0.2) is 4.98 Å². The summed E-state index contributed by atoms with van der Waals surface area (Å²) in [4.78, 5) is 32.6. The number of nitrogens with one attached hydrogen (secondary N) is 1. The van der Waals surface area contributed by atoms with E-state index in [0.29, 0.717) is 22.8 Å². The van der Waals surface area contributed by atoms with E-state index in [2.05, 4.69) is 10.3 Å². The van der Waals surface area contributed by atoms with Crippen LogP contribution < -0.4 is 10.9 Å². The minimum Gasteiger partial charge on any atom is -0.348 e. The lowest BCUT2D eigenvalue weighted by atomic mass is 9.97. The second-order valence-corrected chi connectivity index (χ2v) is 8.72. The molecule has 0 unspecified atom stereocenters. The second kappa shape index (κ2) is 7.28. The zero-order chi connectivity index (χ0) is 20.0. The Hall–Kier alpha value is -2.70. The first-order valence-corrected chi connectivity index (χ1v) is 10.8. The van der Waals surface area contributed by atoms with Crippen molar-refractivity contribution in [1.29, 1.82) is 0 Å². The molecule has 146 valence electrons. The molecule has 0 saturated carbocycles. The smallest absolute Gasteiger partial charge is 0.266 e. The number of pyridine rings is 1. The van der Waals surface area contributed by atoms with Crippen molar-refractivity contribution in [2.75, 3.05) is 0 Å². The van der Waals surface area contributed by atoms with Crippen LogP contribution in [0.5, 0.6) is 0 Å². The summed E-state index contributed by atoms with van der Waals surface area (Å²) < 4.78 is 1.49. The monoisotopic (exact) mass is 423 g/mol. The molecule has 1 N–H and O–H groups in total. The van der Waals surface area contributed by atoms with Crippen LogP contribution in [0.2, 0.25) is 5.02 Å². The molecule has 0 bridgehead atoms. The third kappa shape index (κ3) is 3.22. The van der Waals surface area contributed by atoms with Gasteiger partial charge < -0.3 is 5.32 Å². The Morgan fingerprint density at radius 3 is 2.86 bits per heavy atom. The average molecular weight is 424 g/mol. The minimum absolute atomic E-state index is 0.0925. The molecule has 3 heterocycles. The summed E-state index contributed by atoms with van der Waals surface area (Å²) in [5, 5.41) is 4.19. The third-order valence-corrected chi connectivity index (χ3v) is 6.94. The minimum atomic E-state index is -0.258. The van der Waals surface area contributed by atoms with E-state index < -0.39 is 0 Å². The highest BCUT2D eigenvalue weighted by Gasteiger charge is 2.20. The van der Waals surface area contributed by atoms with Crippen LogP contribution >= 0.6 is 22.9 Å². The molecule has 0 spiro atoms. The number of aromatic nitrogens is 2. The number of carbonyl (C=O) groups is 1. The van der Waals surface area contributed by atoms with E-state index in [-0.39, 0.29) is 11.5 Å². The zero-order valence-corrected chi connectivity index (χ0v) is 17.1. The molecule has 0 radical (unpaired) electrons. The molecule has 0 fully saturated rings. The van der Waals surface area contributed by atoms with Crippen LogP contribution in [0, 0.1) is 0 Å². The number of hydrogen-bond donors (Lipinski definition) is 1. The van der Waals surface area contributed by atoms with Crippen molar-refractivity contribution in [3.05, 3.63) is 79.5 Å². The number of hydrogen-bond acceptors (Lipinski definition) is 4. The molecule has 0 atom stereocenters. The maximum Gasteiger partial charge on any atom is 0.266 e. The fraction of sp³-hybridized carbons (Fsp3) is 0.227. The Morgan fingerprint density at radius 1 is 1.17 bits per heavy atom. The van der Waals surface area contributed by atoms with E-state index in [1.165, 1.54) is 9.28 Å². The largest absolute Gasteiger partial charge is 0.348 e. The van der Waals surface area contributed by atoms with Crippen LogP contribution in [-0.4, -0.2) is 15.3 Å². The molecule has 3 aromatic heterocycles. The fourth-order valence-corrected chi connectivity index (χ4v) is 5.34. The van der Waals surface area contributed by atoms with Crippen molar-refractivity contribution in [3.8, 4) is 0 Å². The molecule has 1 aliphatic rings. The van der Waals surface area contributed by atoms with Gasteiger partial charge in [0, 0.05) is 22.6 Å². The van der Waals surface area contributed by atoms with Gasteiger partial charge in [0.25, 0.3) is 11.5 Å². The molecule has 5 rings (SSSR count). The summed E-state index contributed by atoms with van der Waals surface area (Å²) in [5.74, 6) is -0.258. The molecule has 0 saturated heterocycles. The average Bonchev–Trinajstić information content (AvgIpc) is 3.11. The van der Waals surface area contributed by atoms with E-state index >= 15 is 0 Å². The van der Waals surface area contributed by atoms with Gasteiger partial charge >= 0.3 is 0 Å². The number of fused-ring (bicyclic) bond motifs is 4. The van der Waals surface area contributed by atoms with E-state index in [1.54, 1.807) is 35.7 Å². The highest BCUT2D eigenvalue weighted by molar-refractivity contribution is 7.18. The Bertz CT molecular complexity index is 1330. The molecule has 1 aromatic carbocycles. The normalized spacial score (nSPS) is 13.6. The molecule has 7 heteroatoms. The number of rotatable bonds is 3. The van der Waals surface area contributed by atoms with Crippen LogP contribution in [-0.2, 0) is 19.4 Å². The van der Waals surface area contributed by atoms with Gasteiger partial charge in [-0.3, -0.25) is 14.0 Å². The van der Waals surface area contributed by atoms with Gasteiger partial charge in [-0.15, -0.1) is 11.3 Å². The maximum atomic E-state index is 13.2. The number of amides is 1. The van der Waals surface area contributed by atoms with Gasteiger partial charge in [-0.05, 0) is 55.0 Å². The van der Waals surface area contributed by atoms with Crippen molar-refractivity contribution in [2.24, 2.45) is 0 Å². The molecule has 0 aliphatic heterocycles. The first-order valence-electron chi connectivity index (χ1n) is 9.60. The van der Waals surface area contributed by atoms with E-state index in [0.717, 1.165) is 47.0 Å². The summed E-state index contributed by atoms with van der Waals surface area (Å²) in [6.45, 7) is 0.320. The first kappa shape index (κ1) is 18.3. The Kier molecular flexibility index (Phi) is 4.60. The standard InChI is InChI=1S/C22H18ClN3O2S/c23-16-7-3-1-5-13(16)11-24-20(27)14-9-10-18-25-21-19(22(28)26(18)12-14)15-6-2-4-8-17(15)29-21/h1,3,5,7,9-10,12H,2,4,6,8,11H2,(H,24,27). The fourth-order valence-electron chi connectivity index (χ4n) is 3.88. The van der Waals surface area contributed by atoms with Gasteiger partial charge in [-0.2, -0.15) is 0 Å². The number of halogens is 1. The van der Waals surface area contributed by atoms with E-state index in [4.69, 9.17) is 11.6 Å². The third-order valence-electron chi connectivity index (χ3n) is 5.39. The van der Waals surface area contributed by atoms with Crippen LogP contribution in [0.25, 0.3) is 15.9 Å². The Labute approximate surface area is 176 Å². The summed E-state index contributed by atoms with van der Waals surface area (Å²) >= 11 is 7.78. The topological polar surface area (TPSA) is 63.5 Å². The zero-order valence-electron chi connectivity index (χ0n) is 15.6. The number of benzene rings is 1. The first-order chi connectivity index (χ1) is 14.1. The van der Waals surface area contributed by atoms with Crippen molar-refractivity contribution in [2.45, 2.75) is 32.2 Å². The van der Waals surface area contributed by atoms with Gasteiger partial charge in [-0.1, -0.05) is 29.8 Å². The number of carbonyl (C=O) groups excluding carboxylic acids is 1. The van der Waals surface area contributed by atoms with Crippen LogP contribution in [0.4, 0.5) is 0 Å². The highest BCUT2D eigenvalue weighted by Crippen LogP contribution is 2.33. The van der Waals surface area contributed by atoms with Crippen molar-refractivity contribution >= 4 is 44.7 Å². The predicted molar refractivity (Wildman–Crippen MR) is 116 cm³/mol. The van der Waals surface area contributed by atoms with E-state index in [9.17, 15) is 9.59 Å². The summed E-state index contributed by atoms with van der Waals surface area (Å²) in [5.41, 5.74) is 2.87. The van der Waals surface area contributed by atoms with Crippen molar-refractivity contribution in [1.82, 2.24) is 14.7 Å². The summed E-state index contributed by atoms with van der Waals surface area (Å²) in [7, 11) is 0. The number of nitrogens with zero attached hydrogens (tertiary/aromatic N) is 2. The van der Waals surface area contributed by atoms with Gasteiger partial charge in [0.2, 0.25) is 0 Å². The van der Waals surface area contributed by atoms with Crippen LogP contribution in [0.15, 0.2) is 47.4 Å². The predicted octanol–water partition coefficient (Wildman–Crippen LogP) is 4.37. The number of aryl methyl sites for hydroxylation is 2. The lowest BCUT2D eigenvalue weighted by Crippen LogP contribution is -2.24. The Morgan fingerprint density at radius 2 is 2.00 bits per heavy atom. The Balaban J connectivity index is 1.51.